The number of pyridine rings is 1. The predicted molar refractivity (Wildman–Crippen MR) is 72.9 cm³/mol. The van der Waals surface area contributed by atoms with E-state index in [1.807, 2.05) is 0 Å². The zero-order valence-corrected chi connectivity index (χ0v) is 12.0. The minimum Gasteiger partial charge on any atom is -0.263 e. The van der Waals surface area contributed by atoms with Crippen molar-refractivity contribution in [2.24, 2.45) is 0 Å². The summed E-state index contributed by atoms with van der Waals surface area (Å²) in [7, 11) is 0. The van der Waals surface area contributed by atoms with Gasteiger partial charge in [0.15, 0.2) is 0 Å². The molecule has 0 saturated carbocycles. The number of hydrogen-bond donors (Lipinski definition) is 0. The number of benzene rings is 1. The summed E-state index contributed by atoms with van der Waals surface area (Å²) in [5, 5.41) is -0.636. The van der Waals surface area contributed by atoms with Gasteiger partial charge in [-0.3, -0.25) is 4.98 Å². The van der Waals surface area contributed by atoms with Crippen LogP contribution < -0.4 is 0 Å². The molecule has 1 aromatic heterocycles. The van der Waals surface area contributed by atoms with Crippen molar-refractivity contribution in [3.63, 3.8) is 0 Å². The van der Waals surface area contributed by atoms with Crippen LogP contribution in [0.25, 0.3) is 0 Å². The fourth-order valence-electron chi connectivity index (χ4n) is 1.83. The first kappa shape index (κ1) is 16.0. The second kappa shape index (κ2) is 6.20. The number of rotatable bonds is 3. The molecule has 21 heavy (non-hydrogen) atoms. The highest BCUT2D eigenvalue weighted by Gasteiger charge is 2.31. The molecule has 2 rings (SSSR count). The average molecular weight is 338 g/mol. The highest BCUT2D eigenvalue weighted by atomic mass is 35.5. The molecule has 1 heterocycles. The van der Waals surface area contributed by atoms with Crippen molar-refractivity contribution < 1.29 is 17.6 Å². The first-order valence-electron chi connectivity index (χ1n) is 5.88. The maximum absolute atomic E-state index is 13.7. The van der Waals surface area contributed by atoms with Crippen LogP contribution in [-0.2, 0) is 12.6 Å². The van der Waals surface area contributed by atoms with E-state index in [1.165, 1.54) is 12.4 Å². The molecule has 0 saturated heterocycles. The van der Waals surface area contributed by atoms with Gasteiger partial charge in [0.2, 0.25) is 0 Å². The Labute approximate surface area is 128 Å². The van der Waals surface area contributed by atoms with Crippen LogP contribution in [0.2, 0.25) is 5.02 Å². The van der Waals surface area contributed by atoms with Crippen LogP contribution in [0, 0.1) is 5.82 Å². The van der Waals surface area contributed by atoms with Crippen molar-refractivity contribution in [3.8, 4) is 0 Å². The molecule has 1 atom stereocenters. The minimum absolute atomic E-state index is 0.0984. The molecule has 1 unspecified atom stereocenters. The summed E-state index contributed by atoms with van der Waals surface area (Å²) in [6, 6.07) is 3.76. The molecule has 1 aromatic carbocycles. The Kier molecular flexibility index (Phi) is 4.74. The normalized spacial score (nSPS) is 13.2. The van der Waals surface area contributed by atoms with Gasteiger partial charge < -0.3 is 0 Å². The number of nitrogens with zero attached hydrogens (tertiary/aromatic N) is 1. The van der Waals surface area contributed by atoms with Gasteiger partial charge in [-0.05, 0) is 36.2 Å². The van der Waals surface area contributed by atoms with Crippen LogP contribution in [0.3, 0.4) is 0 Å². The highest BCUT2D eigenvalue weighted by molar-refractivity contribution is 6.31. The van der Waals surface area contributed by atoms with Crippen molar-refractivity contribution >= 4 is 23.2 Å². The molecule has 1 nitrogen and oxygen atoms in total. The largest absolute Gasteiger partial charge is 0.416 e. The van der Waals surface area contributed by atoms with Gasteiger partial charge in [-0.25, -0.2) is 4.39 Å². The number of halogens is 6. The highest BCUT2D eigenvalue weighted by Crippen LogP contribution is 2.35. The van der Waals surface area contributed by atoms with Crippen LogP contribution in [0.15, 0.2) is 36.7 Å². The van der Waals surface area contributed by atoms with Gasteiger partial charge in [0, 0.05) is 18.0 Å². The van der Waals surface area contributed by atoms with E-state index in [4.69, 9.17) is 23.2 Å². The van der Waals surface area contributed by atoms with E-state index in [-0.39, 0.29) is 12.0 Å². The lowest BCUT2D eigenvalue weighted by Crippen LogP contribution is -2.08. The van der Waals surface area contributed by atoms with E-state index in [1.54, 1.807) is 6.07 Å². The average Bonchev–Trinajstić information content (AvgIpc) is 2.40. The van der Waals surface area contributed by atoms with E-state index in [0.29, 0.717) is 16.7 Å². The monoisotopic (exact) mass is 337 g/mol. The number of hydrogen-bond acceptors (Lipinski definition) is 1. The third-order valence-corrected chi connectivity index (χ3v) is 3.65. The summed E-state index contributed by atoms with van der Waals surface area (Å²) < 4.78 is 51.7. The Morgan fingerprint density at radius 3 is 2.52 bits per heavy atom. The van der Waals surface area contributed by atoms with Crippen molar-refractivity contribution in [3.05, 3.63) is 64.2 Å². The van der Waals surface area contributed by atoms with Gasteiger partial charge in [-0.2, -0.15) is 13.2 Å². The van der Waals surface area contributed by atoms with Gasteiger partial charge in [-0.15, -0.1) is 11.6 Å². The Balaban J connectivity index is 2.31. The van der Waals surface area contributed by atoms with Crippen molar-refractivity contribution in [2.75, 3.05) is 0 Å². The lowest BCUT2D eigenvalue weighted by Gasteiger charge is -2.14. The van der Waals surface area contributed by atoms with Crippen molar-refractivity contribution in [1.82, 2.24) is 4.98 Å². The minimum atomic E-state index is -4.55. The van der Waals surface area contributed by atoms with E-state index >= 15 is 0 Å². The van der Waals surface area contributed by atoms with Gasteiger partial charge in [0.05, 0.1) is 16.0 Å². The molecule has 0 spiro atoms. The van der Waals surface area contributed by atoms with Gasteiger partial charge in [0.1, 0.15) is 5.82 Å². The van der Waals surface area contributed by atoms with Crippen LogP contribution in [0.1, 0.15) is 22.1 Å². The second-order valence-corrected chi connectivity index (χ2v) is 5.31. The summed E-state index contributed by atoms with van der Waals surface area (Å²) in [5.41, 5.74) is -0.562. The molecule has 0 bridgehead atoms. The molecule has 0 aliphatic rings. The lowest BCUT2D eigenvalue weighted by molar-refractivity contribution is -0.137. The summed E-state index contributed by atoms with van der Waals surface area (Å²) in [5.74, 6) is -0.784. The number of alkyl halides is 4. The summed E-state index contributed by atoms with van der Waals surface area (Å²) in [6.07, 6.45) is -1.58. The predicted octanol–water partition coefficient (Wildman–Crippen LogP) is 5.42. The van der Waals surface area contributed by atoms with E-state index in [9.17, 15) is 17.6 Å². The second-order valence-electron chi connectivity index (χ2n) is 4.37. The lowest BCUT2D eigenvalue weighted by atomic mass is 10.0. The summed E-state index contributed by atoms with van der Waals surface area (Å²) >= 11 is 12.0. The van der Waals surface area contributed by atoms with Gasteiger partial charge in [-0.1, -0.05) is 11.6 Å². The van der Waals surface area contributed by atoms with E-state index in [2.05, 4.69) is 4.98 Å². The molecule has 0 radical (unpaired) electrons. The molecule has 0 amide bonds. The molecule has 0 aliphatic carbocycles. The molecule has 0 fully saturated rings. The Morgan fingerprint density at radius 2 is 1.90 bits per heavy atom. The van der Waals surface area contributed by atoms with Gasteiger partial charge in [0.25, 0.3) is 0 Å². The van der Waals surface area contributed by atoms with Crippen LogP contribution in [0.5, 0.6) is 0 Å². The zero-order valence-electron chi connectivity index (χ0n) is 10.5. The fourth-order valence-corrected chi connectivity index (χ4v) is 2.36. The smallest absolute Gasteiger partial charge is 0.263 e. The Bertz CT molecular complexity index is 643. The first-order chi connectivity index (χ1) is 9.79. The van der Waals surface area contributed by atoms with E-state index in [0.717, 1.165) is 12.1 Å². The molecule has 0 N–H and O–H groups in total. The molecule has 2 aromatic rings. The van der Waals surface area contributed by atoms with Crippen LogP contribution >= 0.6 is 23.2 Å². The third kappa shape index (κ3) is 3.86. The molecule has 112 valence electrons. The molecule has 0 aliphatic heterocycles. The number of aromatic nitrogens is 1. The molecular weight excluding hydrogens is 329 g/mol. The van der Waals surface area contributed by atoms with Crippen molar-refractivity contribution in [2.45, 2.75) is 18.0 Å². The maximum atomic E-state index is 13.7. The van der Waals surface area contributed by atoms with Gasteiger partial charge >= 0.3 is 6.18 Å². The Morgan fingerprint density at radius 1 is 1.19 bits per heavy atom. The first-order valence-corrected chi connectivity index (χ1v) is 6.69. The van der Waals surface area contributed by atoms with Crippen LogP contribution in [-0.4, -0.2) is 4.98 Å². The topological polar surface area (TPSA) is 12.9 Å². The molecule has 7 heteroatoms. The van der Waals surface area contributed by atoms with Crippen LogP contribution in [0.4, 0.5) is 17.6 Å². The fraction of sp³-hybridized carbons (Fsp3) is 0.214. The quantitative estimate of drug-likeness (QED) is 0.538. The summed E-state index contributed by atoms with van der Waals surface area (Å²) in [6.45, 7) is 0. The zero-order chi connectivity index (χ0) is 15.6. The standard InChI is InChI=1S/C14H9Cl2F4N/c15-11(5-8-3-4-21-7-12(8)16)10-6-9(14(18,19)20)1-2-13(10)17/h1-4,6-7,11H,5H2. The SMILES string of the molecule is Fc1ccc(C(F)(F)F)cc1C(Cl)Cc1ccncc1Cl. The Hall–Kier alpha value is -1.33. The van der Waals surface area contributed by atoms with E-state index < -0.39 is 22.9 Å². The summed E-state index contributed by atoms with van der Waals surface area (Å²) in [4.78, 5) is 3.79. The maximum Gasteiger partial charge on any atom is 0.416 e. The van der Waals surface area contributed by atoms with Crippen molar-refractivity contribution in [1.29, 1.82) is 0 Å². The third-order valence-electron chi connectivity index (χ3n) is 2.92. The molecular formula is C14H9Cl2F4N.